The number of nitrogen functional groups attached to an aromatic ring is 1. The van der Waals surface area contributed by atoms with Crippen LogP contribution in [0.2, 0.25) is 5.15 Å². The van der Waals surface area contributed by atoms with Crippen LogP contribution in [0.3, 0.4) is 0 Å². The van der Waals surface area contributed by atoms with Crippen LogP contribution in [0.5, 0.6) is 0 Å². The van der Waals surface area contributed by atoms with Crippen LogP contribution in [0.1, 0.15) is 12.5 Å². The number of alkyl halides is 2. The molecule has 0 fully saturated rings. The van der Waals surface area contributed by atoms with Crippen LogP contribution in [0.4, 0.5) is 20.3 Å². The first-order valence-electron chi connectivity index (χ1n) is 6.55. The minimum absolute atomic E-state index is 0.0267. The van der Waals surface area contributed by atoms with E-state index in [2.05, 4.69) is 9.97 Å². The molecule has 0 spiro atoms. The fourth-order valence-electron chi connectivity index (χ4n) is 2.33. The fraction of sp³-hybridized carbons (Fsp3) is 0.143. The van der Waals surface area contributed by atoms with Gasteiger partial charge in [0, 0.05) is 11.8 Å². The molecule has 2 aromatic rings. The average molecular weight is 371 g/mol. The second-order valence-corrected chi connectivity index (χ2v) is 6.29. The maximum atomic E-state index is 14.4. The summed E-state index contributed by atoms with van der Waals surface area (Å²) in [6.45, 7) is 1.05. The standard InChI is InChI=1S/C14H9ClF2N4O2S/c1-6(22)21-7-3-2-4-8(10(7)14(16,17)13(21)23)24-12-11(18)20-9(15)5-19-12/h2-5H,1H3,(H2,18,20). The number of anilines is 2. The van der Waals surface area contributed by atoms with Gasteiger partial charge in [0.05, 0.1) is 17.4 Å². The number of benzene rings is 1. The highest BCUT2D eigenvalue weighted by Gasteiger charge is 2.55. The zero-order chi connectivity index (χ0) is 17.6. The number of nitrogens with two attached hydrogens (primary N) is 1. The molecule has 0 saturated heterocycles. The molecule has 1 aliphatic heterocycles. The third-order valence-corrected chi connectivity index (χ3v) is 4.54. The first-order valence-corrected chi connectivity index (χ1v) is 7.75. The van der Waals surface area contributed by atoms with Crippen molar-refractivity contribution in [2.24, 2.45) is 0 Å². The van der Waals surface area contributed by atoms with E-state index in [-0.39, 0.29) is 26.6 Å². The van der Waals surface area contributed by atoms with Crippen LogP contribution in [-0.4, -0.2) is 21.8 Å². The predicted molar refractivity (Wildman–Crippen MR) is 84.1 cm³/mol. The summed E-state index contributed by atoms with van der Waals surface area (Å²) >= 11 is 6.48. The van der Waals surface area contributed by atoms with E-state index in [0.717, 1.165) is 18.7 Å². The molecule has 0 atom stereocenters. The Hall–Kier alpha value is -2.26. The molecule has 0 radical (unpaired) electrons. The molecule has 1 aliphatic rings. The number of imide groups is 1. The lowest BCUT2D eigenvalue weighted by atomic mass is 10.1. The van der Waals surface area contributed by atoms with Crippen LogP contribution in [0.25, 0.3) is 0 Å². The summed E-state index contributed by atoms with van der Waals surface area (Å²) in [4.78, 5) is 31.8. The second-order valence-electron chi connectivity index (χ2n) is 4.87. The summed E-state index contributed by atoms with van der Waals surface area (Å²) in [6, 6.07) is 4.14. The van der Waals surface area contributed by atoms with Gasteiger partial charge in [-0.15, -0.1) is 0 Å². The van der Waals surface area contributed by atoms with E-state index in [9.17, 15) is 18.4 Å². The maximum absolute atomic E-state index is 14.4. The van der Waals surface area contributed by atoms with Crippen molar-refractivity contribution in [1.29, 1.82) is 0 Å². The van der Waals surface area contributed by atoms with Gasteiger partial charge in [0.25, 0.3) is 0 Å². The molecule has 0 saturated carbocycles. The molecule has 3 rings (SSSR count). The van der Waals surface area contributed by atoms with Gasteiger partial charge >= 0.3 is 11.8 Å². The number of carbonyl (C=O) groups is 2. The Balaban J connectivity index is 2.13. The molecule has 1 aromatic carbocycles. The van der Waals surface area contributed by atoms with E-state index in [1.165, 1.54) is 24.4 Å². The van der Waals surface area contributed by atoms with Crippen molar-refractivity contribution in [2.45, 2.75) is 22.8 Å². The average Bonchev–Trinajstić information content (AvgIpc) is 2.70. The Labute approximate surface area is 144 Å². The van der Waals surface area contributed by atoms with Gasteiger partial charge in [0.2, 0.25) is 5.91 Å². The molecule has 10 heteroatoms. The smallest absolute Gasteiger partial charge is 0.353 e. The number of aromatic nitrogens is 2. The van der Waals surface area contributed by atoms with E-state index < -0.39 is 23.3 Å². The van der Waals surface area contributed by atoms with Crippen molar-refractivity contribution >= 4 is 46.7 Å². The highest BCUT2D eigenvalue weighted by Crippen LogP contribution is 2.49. The number of carbonyl (C=O) groups excluding carboxylic acids is 2. The number of rotatable bonds is 2. The van der Waals surface area contributed by atoms with Crippen molar-refractivity contribution in [3.63, 3.8) is 0 Å². The lowest BCUT2D eigenvalue weighted by Gasteiger charge is -2.12. The van der Waals surface area contributed by atoms with Crippen LogP contribution >= 0.6 is 23.4 Å². The summed E-state index contributed by atoms with van der Waals surface area (Å²) < 4.78 is 28.8. The maximum Gasteiger partial charge on any atom is 0.353 e. The zero-order valence-corrected chi connectivity index (χ0v) is 13.7. The zero-order valence-electron chi connectivity index (χ0n) is 12.1. The van der Waals surface area contributed by atoms with E-state index in [0.29, 0.717) is 4.90 Å². The van der Waals surface area contributed by atoms with Crippen LogP contribution in [-0.2, 0) is 15.5 Å². The van der Waals surface area contributed by atoms with E-state index in [1.54, 1.807) is 0 Å². The first kappa shape index (κ1) is 16.6. The molecular weight excluding hydrogens is 362 g/mol. The van der Waals surface area contributed by atoms with Crippen LogP contribution in [0, 0.1) is 0 Å². The quantitative estimate of drug-likeness (QED) is 0.874. The van der Waals surface area contributed by atoms with E-state index >= 15 is 0 Å². The normalized spacial score (nSPS) is 15.5. The third-order valence-electron chi connectivity index (χ3n) is 3.29. The largest absolute Gasteiger partial charge is 0.381 e. The number of hydrogen-bond acceptors (Lipinski definition) is 6. The predicted octanol–water partition coefficient (Wildman–Crippen LogP) is 2.85. The molecule has 2 amide bonds. The number of halogens is 3. The number of amides is 2. The van der Waals surface area contributed by atoms with Gasteiger partial charge in [-0.25, -0.2) is 14.9 Å². The number of nitrogens with zero attached hydrogens (tertiary/aromatic N) is 3. The Morgan fingerprint density at radius 3 is 2.75 bits per heavy atom. The van der Waals surface area contributed by atoms with Gasteiger partial charge in [-0.3, -0.25) is 9.59 Å². The molecule has 0 bridgehead atoms. The van der Waals surface area contributed by atoms with Crippen molar-refractivity contribution in [3.8, 4) is 0 Å². The SMILES string of the molecule is CC(=O)N1C(=O)C(F)(F)c2c(Sc3ncc(Cl)nc3N)cccc21. The Morgan fingerprint density at radius 2 is 2.12 bits per heavy atom. The van der Waals surface area contributed by atoms with Gasteiger partial charge in [0.15, 0.2) is 5.82 Å². The molecule has 2 N–H and O–H groups in total. The van der Waals surface area contributed by atoms with Gasteiger partial charge in [-0.1, -0.05) is 29.4 Å². The van der Waals surface area contributed by atoms with E-state index in [4.69, 9.17) is 17.3 Å². The lowest BCUT2D eigenvalue weighted by molar-refractivity contribution is -0.143. The van der Waals surface area contributed by atoms with Crippen molar-refractivity contribution in [3.05, 3.63) is 35.1 Å². The Bertz CT molecular complexity index is 878. The minimum Gasteiger partial charge on any atom is -0.381 e. The molecule has 24 heavy (non-hydrogen) atoms. The van der Waals surface area contributed by atoms with Crippen molar-refractivity contribution in [1.82, 2.24) is 9.97 Å². The molecular formula is C14H9ClF2N4O2S. The van der Waals surface area contributed by atoms with Gasteiger partial charge in [-0.2, -0.15) is 8.78 Å². The molecule has 1 aromatic heterocycles. The van der Waals surface area contributed by atoms with Gasteiger partial charge in [0.1, 0.15) is 10.2 Å². The van der Waals surface area contributed by atoms with Gasteiger partial charge in [-0.05, 0) is 12.1 Å². The summed E-state index contributed by atoms with van der Waals surface area (Å²) in [5, 5.41) is 0.232. The topological polar surface area (TPSA) is 89.2 Å². The first-order chi connectivity index (χ1) is 11.2. The fourth-order valence-corrected chi connectivity index (χ4v) is 3.41. The minimum atomic E-state index is -3.82. The second kappa shape index (κ2) is 5.67. The van der Waals surface area contributed by atoms with Gasteiger partial charge < -0.3 is 5.73 Å². The van der Waals surface area contributed by atoms with Crippen LogP contribution < -0.4 is 10.6 Å². The molecule has 124 valence electrons. The van der Waals surface area contributed by atoms with Crippen molar-refractivity contribution in [2.75, 3.05) is 10.6 Å². The van der Waals surface area contributed by atoms with Crippen LogP contribution in [0.15, 0.2) is 34.3 Å². The summed E-state index contributed by atoms with van der Waals surface area (Å²) in [5.74, 6) is -6.21. The summed E-state index contributed by atoms with van der Waals surface area (Å²) in [5.41, 5.74) is 4.99. The van der Waals surface area contributed by atoms with E-state index in [1.807, 2.05) is 0 Å². The highest BCUT2D eigenvalue weighted by atomic mass is 35.5. The summed E-state index contributed by atoms with van der Waals surface area (Å²) in [6.07, 6.45) is 1.23. The molecule has 6 nitrogen and oxygen atoms in total. The third kappa shape index (κ3) is 2.49. The summed E-state index contributed by atoms with van der Waals surface area (Å²) in [7, 11) is 0. The Kier molecular flexibility index (Phi) is 3.92. The monoisotopic (exact) mass is 370 g/mol. The number of hydrogen-bond donors (Lipinski definition) is 1. The number of fused-ring (bicyclic) bond motifs is 1. The Morgan fingerprint density at radius 1 is 1.42 bits per heavy atom. The molecule has 2 heterocycles. The van der Waals surface area contributed by atoms with Crippen molar-refractivity contribution < 1.29 is 18.4 Å². The molecule has 0 unspecified atom stereocenters. The molecule has 0 aliphatic carbocycles. The highest BCUT2D eigenvalue weighted by molar-refractivity contribution is 7.99. The lowest BCUT2D eigenvalue weighted by Crippen LogP contribution is -2.37.